The van der Waals surface area contributed by atoms with E-state index < -0.39 is 0 Å². The topological polar surface area (TPSA) is 47.0 Å². The van der Waals surface area contributed by atoms with E-state index in [9.17, 15) is 0 Å². The minimum atomic E-state index is 0.467. The summed E-state index contributed by atoms with van der Waals surface area (Å²) < 4.78 is 5.57. The summed E-state index contributed by atoms with van der Waals surface area (Å²) in [5.41, 5.74) is 1.91. The molecule has 0 saturated carbocycles. The maximum absolute atomic E-state index is 5.57. The highest BCUT2D eigenvalue weighted by molar-refractivity contribution is 5.11. The third-order valence-electron chi connectivity index (χ3n) is 2.54. The van der Waals surface area contributed by atoms with Crippen molar-refractivity contribution >= 4 is 0 Å². The van der Waals surface area contributed by atoms with Crippen LogP contribution in [0.2, 0.25) is 0 Å². The van der Waals surface area contributed by atoms with Gasteiger partial charge in [0, 0.05) is 17.4 Å². The normalized spacial score (nSPS) is 20.5. The molecule has 0 aliphatic carbocycles. The van der Waals surface area contributed by atoms with Gasteiger partial charge in [-0.2, -0.15) is 0 Å². The minimum Gasteiger partial charge on any atom is -0.462 e. The van der Waals surface area contributed by atoms with Gasteiger partial charge in [-0.1, -0.05) is 0 Å². The lowest BCUT2D eigenvalue weighted by Crippen LogP contribution is -2.28. The Bertz CT molecular complexity index is 314. The number of aromatic nitrogens is 2. The largest absolute Gasteiger partial charge is 0.462 e. The molecule has 0 aromatic carbocycles. The van der Waals surface area contributed by atoms with E-state index in [1.807, 2.05) is 19.9 Å². The molecule has 1 aromatic rings. The Kier molecular flexibility index (Phi) is 3.16. The van der Waals surface area contributed by atoms with Crippen molar-refractivity contribution in [2.75, 3.05) is 13.2 Å². The Morgan fingerprint density at radius 3 is 2.73 bits per heavy atom. The average Bonchev–Trinajstić information content (AvgIpc) is 2.65. The second-order valence-corrected chi connectivity index (χ2v) is 4.04. The molecule has 0 amide bonds. The van der Waals surface area contributed by atoms with Gasteiger partial charge in [-0.15, -0.1) is 0 Å². The van der Waals surface area contributed by atoms with Crippen LogP contribution in [0.5, 0.6) is 6.01 Å². The van der Waals surface area contributed by atoms with Crippen LogP contribution in [0.25, 0.3) is 0 Å². The van der Waals surface area contributed by atoms with Gasteiger partial charge in [0.1, 0.15) is 6.61 Å². The summed E-state index contributed by atoms with van der Waals surface area (Å²) in [5, 5.41) is 3.38. The Hall–Kier alpha value is -1.16. The first-order valence-corrected chi connectivity index (χ1v) is 5.42. The molecule has 1 N–H and O–H groups in total. The number of rotatable bonds is 3. The number of nitrogens with one attached hydrogen (secondary N) is 1. The average molecular weight is 207 g/mol. The zero-order chi connectivity index (χ0) is 10.7. The van der Waals surface area contributed by atoms with Gasteiger partial charge < -0.3 is 10.1 Å². The molecule has 0 bridgehead atoms. The molecule has 0 radical (unpaired) electrons. The summed E-state index contributed by atoms with van der Waals surface area (Å²) in [7, 11) is 0. The van der Waals surface area contributed by atoms with Crippen molar-refractivity contribution in [3.8, 4) is 6.01 Å². The van der Waals surface area contributed by atoms with Crippen molar-refractivity contribution in [1.82, 2.24) is 15.3 Å². The lowest BCUT2D eigenvalue weighted by atomic mass is 10.2. The molecular weight excluding hydrogens is 190 g/mol. The van der Waals surface area contributed by atoms with Crippen molar-refractivity contribution in [3.63, 3.8) is 0 Å². The molecule has 15 heavy (non-hydrogen) atoms. The van der Waals surface area contributed by atoms with Crippen molar-refractivity contribution in [2.24, 2.45) is 0 Å². The molecule has 4 nitrogen and oxygen atoms in total. The van der Waals surface area contributed by atoms with Gasteiger partial charge >= 0.3 is 6.01 Å². The van der Waals surface area contributed by atoms with E-state index in [0.717, 1.165) is 17.9 Å². The molecular formula is C11H17N3O. The molecule has 82 valence electrons. The third kappa shape index (κ3) is 2.89. The summed E-state index contributed by atoms with van der Waals surface area (Å²) in [6, 6.07) is 2.91. The van der Waals surface area contributed by atoms with Crippen LogP contribution >= 0.6 is 0 Å². The molecule has 1 aromatic heterocycles. The van der Waals surface area contributed by atoms with E-state index in [4.69, 9.17) is 4.74 Å². The van der Waals surface area contributed by atoms with Crippen LogP contribution in [-0.4, -0.2) is 29.2 Å². The second-order valence-electron chi connectivity index (χ2n) is 4.04. The fourth-order valence-corrected chi connectivity index (χ4v) is 1.83. The van der Waals surface area contributed by atoms with E-state index in [1.165, 1.54) is 12.8 Å². The summed E-state index contributed by atoms with van der Waals surface area (Å²) >= 11 is 0. The van der Waals surface area contributed by atoms with Crippen LogP contribution in [-0.2, 0) is 0 Å². The zero-order valence-corrected chi connectivity index (χ0v) is 9.29. The van der Waals surface area contributed by atoms with Crippen molar-refractivity contribution in [1.29, 1.82) is 0 Å². The fourth-order valence-electron chi connectivity index (χ4n) is 1.83. The molecule has 1 atom stereocenters. The SMILES string of the molecule is Cc1cc(C)nc(OCC2CCCN2)n1. The summed E-state index contributed by atoms with van der Waals surface area (Å²) in [4.78, 5) is 8.47. The highest BCUT2D eigenvalue weighted by Gasteiger charge is 2.15. The lowest BCUT2D eigenvalue weighted by molar-refractivity contribution is 0.256. The summed E-state index contributed by atoms with van der Waals surface area (Å²) in [6.45, 7) is 5.68. The van der Waals surface area contributed by atoms with Crippen LogP contribution in [0.4, 0.5) is 0 Å². The predicted molar refractivity (Wildman–Crippen MR) is 58.0 cm³/mol. The van der Waals surface area contributed by atoms with E-state index in [-0.39, 0.29) is 0 Å². The quantitative estimate of drug-likeness (QED) is 0.809. The van der Waals surface area contributed by atoms with Gasteiger partial charge in [-0.25, -0.2) is 9.97 Å². The molecule has 1 aliphatic heterocycles. The number of hydrogen-bond acceptors (Lipinski definition) is 4. The molecule has 0 spiro atoms. The minimum absolute atomic E-state index is 0.467. The van der Waals surface area contributed by atoms with Gasteiger partial charge in [-0.05, 0) is 39.3 Å². The number of ether oxygens (including phenoxy) is 1. The highest BCUT2D eigenvalue weighted by Crippen LogP contribution is 2.09. The summed E-state index contributed by atoms with van der Waals surface area (Å²) in [5.74, 6) is 0. The standard InChI is InChI=1S/C11H17N3O/c1-8-6-9(2)14-11(13-8)15-7-10-4-3-5-12-10/h6,10,12H,3-5,7H2,1-2H3. The number of hydrogen-bond donors (Lipinski definition) is 1. The van der Waals surface area contributed by atoms with Gasteiger partial charge in [0.2, 0.25) is 0 Å². The molecule has 2 heterocycles. The van der Waals surface area contributed by atoms with Crippen molar-refractivity contribution in [2.45, 2.75) is 32.7 Å². The first-order valence-electron chi connectivity index (χ1n) is 5.42. The monoisotopic (exact) mass is 207 g/mol. The first kappa shape index (κ1) is 10.4. The first-order chi connectivity index (χ1) is 7.24. The fraction of sp³-hybridized carbons (Fsp3) is 0.636. The Morgan fingerprint density at radius 1 is 1.40 bits per heavy atom. The zero-order valence-electron chi connectivity index (χ0n) is 9.29. The van der Waals surface area contributed by atoms with E-state index in [1.54, 1.807) is 0 Å². The Labute approximate surface area is 90.1 Å². The van der Waals surface area contributed by atoms with Crippen LogP contribution in [0, 0.1) is 13.8 Å². The molecule has 1 fully saturated rings. The number of nitrogens with zero attached hydrogens (tertiary/aromatic N) is 2. The maximum atomic E-state index is 5.57. The van der Waals surface area contributed by atoms with E-state index in [0.29, 0.717) is 18.7 Å². The van der Waals surface area contributed by atoms with Crippen LogP contribution in [0.15, 0.2) is 6.07 Å². The van der Waals surface area contributed by atoms with Crippen LogP contribution < -0.4 is 10.1 Å². The number of aryl methyl sites for hydroxylation is 2. The molecule has 2 rings (SSSR count). The van der Waals surface area contributed by atoms with Crippen LogP contribution in [0.3, 0.4) is 0 Å². The smallest absolute Gasteiger partial charge is 0.316 e. The molecule has 1 saturated heterocycles. The summed E-state index contributed by atoms with van der Waals surface area (Å²) in [6.07, 6.45) is 2.42. The Balaban J connectivity index is 1.92. The van der Waals surface area contributed by atoms with Crippen molar-refractivity contribution < 1.29 is 4.74 Å². The predicted octanol–water partition coefficient (Wildman–Crippen LogP) is 1.22. The Morgan fingerprint density at radius 2 is 2.13 bits per heavy atom. The highest BCUT2D eigenvalue weighted by atomic mass is 16.5. The lowest BCUT2D eigenvalue weighted by Gasteiger charge is -2.11. The van der Waals surface area contributed by atoms with Crippen LogP contribution in [0.1, 0.15) is 24.2 Å². The van der Waals surface area contributed by atoms with Gasteiger partial charge in [0.25, 0.3) is 0 Å². The molecule has 4 heteroatoms. The van der Waals surface area contributed by atoms with E-state index in [2.05, 4.69) is 15.3 Å². The van der Waals surface area contributed by atoms with Gasteiger partial charge in [0.05, 0.1) is 0 Å². The third-order valence-corrected chi connectivity index (χ3v) is 2.54. The van der Waals surface area contributed by atoms with Gasteiger partial charge in [-0.3, -0.25) is 0 Å². The molecule has 1 aliphatic rings. The van der Waals surface area contributed by atoms with E-state index >= 15 is 0 Å². The second kappa shape index (κ2) is 4.57. The van der Waals surface area contributed by atoms with Crippen molar-refractivity contribution in [3.05, 3.63) is 17.5 Å². The van der Waals surface area contributed by atoms with Gasteiger partial charge in [0.15, 0.2) is 0 Å². The maximum Gasteiger partial charge on any atom is 0.316 e. The molecule has 1 unspecified atom stereocenters.